The number of imidazole rings is 1. The summed E-state index contributed by atoms with van der Waals surface area (Å²) in [5, 5.41) is 8.48. The Labute approximate surface area is 169 Å². The van der Waals surface area contributed by atoms with E-state index in [0.29, 0.717) is 17.7 Å². The van der Waals surface area contributed by atoms with E-state index >= 15 is 0 Å². The smallest absolute Gasteiger partial charge is 0.348 e. The van der Waals surface area contributed by atoms with Gasteiger partial charge in [-0.15, -0.1) is 0 Å². The van der Waals surface area contributed by atoms with E-state index in [-0.39, 0.29) is 11.6 Å². The molecular weight excluding hydrogens is 395 g/mol. The SMILES string of the molecule is O=C(NCc1ccc(-n2ccnc2)cc1)c1cccc(-c2cc(C(F)(F)F)[nH]n2)c1. The van der Waals surface area contributed by atoms with Crippen LogP contribution in [-0.4, -0.2) is 25.7 Å². The van der Waals surface area contributed by atoms with Gasteiger partial charge in [-0.2, -0.15) is 18.3 Å². The van der Waals surface area contributed by atoms with Crippen molar-refractivity contribution in [3.05, 3.63) is 90.1 Å². The maximum atomic E-state index is 12.8. The number of rotatable bonds is 5. The number of aromatic amines is 1. The Morgan fingerprint density at radius 1 is 1.10 bits per heavy atom. The van der Waals surface area contributed by atoms with Crippen LogP contribution in [0.2, 0.25) is 0 Å². The Morgan fingerprint density at radius 3 is 2.57 bits per heavy atom. The number of aromatic nitrogens is 4. The van der Waals surface area contributed by atoms with E-state index in [1.165, 1.54) is 6.07 Å². The normalized spacial score (nSPS) is 11.4. The van der Waals surface area contributed by atoms with Crippen molar-refractivity contribution < 1.29 is 18.0 Å². The van der Waals surface area contributed by atoms with E-state index in [0.717, 1.165) is 17.3 Å². The summed E-state index contributed by atoms with van der Waals surface area (Å²) >= 11 is 0. The van der Waals surface area contributed by atoms with Crippen molar-refractivity contribution in [3.8, 4) is 16.9 Å². The first-order valence-corrected chi connectivity index (χ1v) is 8.99. The maximum absolute atomic E-state index is 12.8. The molecule has 0 saturated carbocycles. The average Bonchev–Trinajstić information content (AvgIpc) is 3.44. The molecular formula is C21H16F3N5O. The molecule has 0 spiro atoms. The minimum absolute atomic E-state index is 0.118. The molecule has 0 radical (unpaired) electrons. The van der Waals surface area contributed by atoms with Crippen molar-refractivity contribution in [3.63, 3.8) is 0 Å². The number of nitrogens with zero attached hydrogens (tertiary/aromatic N) is 3. The van der Waals surface area contributed by atoms with Crippen molar-refractivity contribution in [2.24, 2.45) is 0 Å². The maximum Gasteiger partial charge on any atom is 0.432 e. The Morgan fingerprint density at radius 2 is 1.90 bits per heavy atom. The van der Waals surface area contributed by atoms with Crippen LogP contribution in [0.15, 0.2) is 73.3 Å². The molecule has 0 bridgehead atoms. The van der Waals surface area contributed by atoms with Crippen LogP contribution in [0.4, 0.5) is 13.2 Å². The zero-order chi connectivity index (χ0) is 21.1. The third kappa shape index (κ3) is 4.24. The highest BCUT2D eigenvalue weighted by molar-refractivity contribution is 5.95. The first-order valence-electron chi connectivity index (χ1n) is 8.99. The second-order valence-electron chi connectivity index (χ2n) is 6.56. The Kier molecular flexibility index (Phi) is 5.09. The molecule has 0 aliphatic carbocycles. The Hall–Kier alpha value is -3.88. The fraction of sp³-hybridized carbons (Fsp3) is 0.0952. The van der Waals surface area contributed by atoms with E-state index < -0.39 is 11.9 Å². The van der Waals surface area contributed by atoms with Gasteiger partial charge in [0.05, 0.1) is 12.0 Å². The number of H-pyrrole nitrogens is 1. The van der Waals surface area contributed by atoms with E-state index in [1.807, 2.05) is 40.1 Å². The molecule has 30 heavy (non-hydrogen) atoms. The molecule has 0 saturated heterocycles. The lowest BCUT2D eigenvalue weighted by Gasteiger charge is -2.08. The largest absolute Gasteiger partial charge is 0.432 e. The third-order valence-corrected chi connectivity index (χ3v) is 4.50. The molecule has 2 aromatic carbocycles. The summed E-state index contributed by atoms with van der Waals surface area (Å²) in [5.74, 6) is -0.331. The lowest BCUT2D eigenvalue weighted by atomic mass is 10.1. The predicted molar refractivity (Wildman–Crippen MR) is 104 cm³/mol. The van der Waals surface area contributed by atoms with E-state index in [4.69, 9.17) is 0 Å². The van der Waals surface area contributed by atoms with Gasteiger partial charge >= 0.3 is 6.18 Å². The number of amides is 1. The van der Waals surface area contributed by atoms with Crippen LogP contribution >= 0.6 is 0 Å². The van der Waals surface area contributed by atoms with Gasteiger partial charge in [-0.3, -0.25) is 9.89 Å². The van der Waals surface area contributed by atoms with Crippen molar-refractivity contribution in [2.45, 2.75) is 12.7 Å². The van der Waals surface area contributed by atoms with E-state index in [9.17, 15) is 18.0 Å². The molecule has 152 valence electrons. The van der Waals surface area contributed by atoms with Gasteiger partial charge in [0.15, 0.2) is 0 Å². The molecule has 2 N–H and O–H groups in total. The highest BCUT2D eigenvalue weighted by atomic mass is 19.4. The van der Waals surface area contributed by atoms with Gasteiger partial charge < -0.3 is 9.88 Å². The monoisotopic (exact) mass is 411 g/mol. The topological polar surface area (TPSA) is 75.6 Å². The fourth-order valence-electron chi connectivity index (χ4n) is 2.92. The molecule has 2 heterocycles. The van der Waals surface area contributed by atoms with Gasteiger partial charge in [-0.25, -0.2) is 4.98 Å². The molecule has 4 rings (SSSR count). The molecule has 1 amide bonds. The lowest BCUT2D eigenvalue weighted by Crippen LogP contribution is -2.22. The number of benzene rings is 2. The van der Waals surface area contributed by atoms with Crippen LogP contribution in [0, 0.1) is 0 Å². The van der Waals surface area contributed by atoms with Crippen LogP contribution in [0.1, 0.15) is 21.6 Å². The summed E-state index contributed by atoms with van der Waals surface area (Å²) in [6, 6.07) is 14.8. The molecule has 0 fully saturated rings. The van der Waals surface area contributed by atoms with Gasteiger partial charge in [-0.1, -0.05) is 24.3 Å². The summed E-state index contributed by atoms with van der Waals surface area (Å²) in [4.78, 5) is 16.5. The van der Waals surface area contributed by atoms with Gasteiger partial charge in [0.25, 0.3) is 5.91 Å². The lowest BCUT2D eigenvalue weighted by molar-refractivity contribution is -0.141. The number of carbonyl (C=O) groups excluding carboxylic acids is 1. The molecule has 6 nitrogen and oxygen atoms in total. The highest BCUT2D eigenvalue weighted by Gasteiger charge is 2.33. The van der Waals surface area contributed by atoms with Crippen molar-refractivity contribution in [1.29, 1.82) is 0 Å². The van der Waals surface area contributed by atoms with Crippen LogP contribution in [-0.2, 0) is 12.7 Å². The summed E-state index contributed by atoms with van der Waals surface area (Å²) in [7, 11) is 0. The van der Waals surface area contributed by atoms with E-state index in [2.05, 4.69) is 15.4 Å². The highest BCUT2D eigenvalue weighted by Crippen LogP contribution is 2.30. The molecule has 4 aromatic rings. The van der Waals surface area contributed by atoms with Crippen molar-refractivity contribution in [2.75, 3.05) is 0 Å². The quantitative estimate of drug-likeness (QED) is 0.517. The fourth-order valence-corrected chi connectivity index (χ4v) is 2.92. The van der Waals surface area contributed by atoms with Crippen LogP contribution in [0.3, 0.4) is 0 Å². The zero-order valence-corrected chi connectivity index (χ0v) is 15.5. The first-order chi connectivity index (χ1) is 14.4. The molecule has 9 heteroatoms. The van der Waals surface area contributed by atoms with Gasteiger partial charge in [0.1, 0.15) is 5.69 Å². The molecule has 0 aliphatic heterocycles. The predicted octanol–water partition coefficient (Wildman–Crippen LogP) is 4.21. The second kappa shape index (κ2) is 7.86. The van der Waals surface area contributed by atoms with Crippen LogP contribution in [0.5, 0.6) is 0 Å². The second-order valence-corrected chi connectivity index (χ2v) is 6.56. The molecule has 2 aromatic heterocycles. The third-order valence-electron chi connectivity index (χ3n) is 4.50. The van der Waals surface area contributed by atoms with Gasteiger partial charge in [0, 0.05) is 35.8 Å². The van der Waals surface area contributed by atoms with Gasteiger partial charge in [-0.05, 0) is 35.9 Å². The number of halogens is 3. The minimum atomic E-state index is -4.51. The number of alkyl halides is 3. The summed E-state index contributed by atoms with van der Waals surface area (Å²) in [6.45, 7) is 0.313. The molecule has 0 atom stereocenters. The molecule has 0 aliphatic rings. The summed E-state index contributed by atoms with van der Waals surface area (Å²) in [6.07, 6.45) is 0.713. The van der Waals surface area contributed by atoms with Crippen molar-refractivity contribution >= 4 is 5.91 Å². The Balaban J connectivity index is 1.43. The Bertz CT molecular complexity index is 1150. The van der Waals surface area contributed by atoms with Gasteiger partial charge in [0.2, 0.25) is 0 Å². The zero-order valence-electron chi connectivity index (χ0n) is 15.5. The number of hydrogen-bond acceptors (Lipinski definition) is 3. The number of carbonyl (C=O) groups is 1. The summed E-state index contributed by atoms with van der Waals surface area (Å²) in [5.41, 5.74) is 1.79. The van der Waals surface area contributed by atoms with E-state index in [1.54, 1.807) is 30.7 Å². The average molecular weight is 411 g/mol. The standard InChI is InChI=1S/C21H16F3N5O/c22-21(23,24)19-11-18(27-28-19)15-2-1-3-16(10-15)20(30)26-12-14-4-6-17(7-5-14)29-9-8-25-13-29/h1-11,13H,12H2,(H,26,30)(H,27,28). The van der Waals surface area contributed by atoms with Crippen molar-refractivity contribution in [1.82, 2.24) is 25.1 Å². The first kappa shape index (κ1) is 19.4. The number of hydrogen-bond donors (Lipinski definition) is 2. The molecule has 0 unspecified atom stereocenters. The minimum Gasteiger partial charge on any atom is -0.348 e. The van der Waals surface area contributed by atoms with Crippen LogP contribution in [0.25, 0.3) is 16.9 Å². The number of nitrogens with one attached hydrogen (secondary N) is 2. The van der Waals surface area contributed by atoms with Crippen LogP contribution < -0.4 is 5.32 Å². The summed E-state index contributed by atoms with van der Waals surface area (Å²) < 4.78 is 40.1.